The predicted octanol–water partition coefficient (Wildman–Crippen LogP) is 4.16. The first-order chi connectivity index (χ1) is 13.8. The van der Waals surface area contributed by atoms with Crippen molar-refractivity contribution in [3.8, 4) is 0 Å². The van der Waals surface area contributed by atoms with Crippen LogP contribution in [0.25, 0.3) is 11.0 Å². The highest BCUT2D eigenvalue weighted by Crippen LogP contribution is 2.37. The van der Waals surface area contributed by atoms with Crippen molar-refractivity contribution in [2.45, 2.75) is 44.2 Å². The number of hydrogen-bond donors (Lipinski definition) is 1. The van der Waals surface area contributed by atoms with Gasteiger partial charge in [0.2, 0.25) is 5.95 Å². The van der Waals surface area contributed by atoms with Gasteiger partial charge >= 0.3 is 0 Å². The van der Waals surface area contributed by atoms with E-state index in [0.29, 0.717) is 6.04 Å². The molecule has 0 unspecified atom stereocenters. The topological polar surface area (TPSA) is 50.2 Å². The number of rotatable bonds is 4. The van der Waals surface area contributed by atoms with E-state index in [4.69, 9.17) is 4.98 Å². The molecular formula is C23H26N4O. The largest absolute Gasteiger partial charge is 0.347 e. The summed E-state index contributed by atoms with van der Waals surface area (Å²) in [7, 11) is 0. The molecule has 1 aliphatic carbocycles. The monoisotopic (exact) mass is 374 g/mol. The molecule has 2 heterocycles. The van der Waals surface area contributed by atoms with Crippen molar-refractivity contribution in [1.29, 1.82) is 0 Å². The summed E-state index contributed by atoms with van der Waals surface area (Å²) in [5.74, 6) is 1.08. The van der Waals surface area contributed by atoms with E-state index in [1.54, 1.807) is 0 Å². The van der Waals surface area contributed by atoms with Crippen LogP contribution in [-0.2, 0) is 0 Å². The summed E-state index contributed by atoms with van der Waals surface area (Å²) in [5, 5.41) is 3.20. The number of imidazole rings is 1. The lowest BCUT2D eigenvalue weighted by molar-refractivity contribution is 0.0940. The zero-order chi connectivity index (χ0) is 18.9. The van der Waals surface area contributed by atoms with Crippen LogP contribution in [0.5, 0.6) is 0 Å². The molecule has 144 valence electrons. The smallest absolute Gasteiger partial charge is 0.251 e. The molecule has 2 fully saturated rings. The maximum absolute atomic E-state index is 12.5. The van der Waals surface area contributed by atoms with Crippen molar-refractivity contribution in [3.05, 3.63) is 60.2 Å². The molecule has 1 saturated carbocycles. The van der Waals surface area contributed by atoms with Crippen LogP contribution in [0.3, 0.4) is 0 Å². The van der Waals surface area contributed by atoms with Crippen molar-refractivity contribution < 1.29 is 4.79 Å². The lowest BCUT2D eigenvalue weighted by atomic mass is 10.2. The summed E-state index contributed by atoms with van der Waals surface area (Å²) in [6.07, 6.45) is 6.01. The van der Waals surface area contributed by atoms with Crippen LogP contribution in [0.4, 0.5) is 5.95 Å². The van der Waals surface area contributed by atoms with E-state index in [1.165, 1.54) is 31.2 Å². The molecule has 3 aromatic rings. The van der Waals surface area contributed by atoms with E-state index in [1.807, 2.05) is 30.3 Å². The maximum atomic E-state index is 12.5. The van der Waals surface area contributed by atoms with Crippen LogP contribution in [0.2, 0.25) is 0 Å². The Balaban J connectivity index is 1.38. The minimum absolute atomic E-state index is 0.0109. The summed E-state index contributed by atoms with van der Waals surface area (Å²) in [6.45, 7) is 1.74. The minimum atomic E-state index is 0.0109. The van der Waals surface area contributed by atoms with Crippen LogP contribution < -0.4 is 10.2 Å². The molecule has 2 aromatic carbocycles. The van der Waals surface area contributed by atoms with Crippen molar-refractivity contribution in [3.63, 3.8) is 0 Å². The maximum Gasteiger partial charge on any atom is 0.251 e. The van der Waals surface area contributed by atoms with Gasteiger partial charge in [-0.25, -0.2) is 4.98 Å². The van der Waals surface area contributed by atoms with Crippen LogP contribution in [0, 0.1) is 0 Å². The Kier molecular flexibility index (Phi) is 4.51. The van der Waals surface area contributed by atoms with E-state index in [0.717, 1.165) is 36.5 Å². The average Bonchev–Trinajstić information content (AvgIpc) is 3.47. The van der Waals surface area contributed by atoms with Crippen LogP contribution in [-0.4, -0.2) is 34.6 Å². The molecule has 1 N–H and O–H groups in total. The number of nitrogens with zero attached hydrogens (tertiary/aromatic N) is 3. The molecule has 0 spiro atoms. The van der Waals surface area contributed by atoms with Gasteiger partial charge in [0.05, 0.1) is 11.0 Å². The number of fused-ring (bicyclic) bond motifs is 1. The number of benzene rings is 2. The van der Waals surface area contributed by atoms with Crippen molar-refractivity contribution in [1.82, 2.24) is 14.9 Å². The number of anilines is 1. The van der Waals surface area contributed by atoms with Gasteiger partial charge in [-0.05, 0) is 43.5 Å². The molecule has 0 radical (unpaired) electrons. The molecule has 1 aliphatic heterocycles. The van der Waals surface area contributed by atoms with Crippen molar-refractivity contribution in [2.75, 3.05) is 18.0 Å². The molecule has 1 aromatic heterocycles. The molecule has 0 bridgehead atoms. The summed E-state index contributed by atoms with van der Waals surface area (Å²) < 4.78 is 2.46. The number of carbonyl (C=O) groups excluding carboxylic acids is 1. The van der Waals surface area contributed by atoms with Gasteiger partial charge < -0.3 is 14.8 Å². The highest BCUT2D eigenvalue weighted by atomic mass is 16.1. The van der Waals surface area contributed by atoms with Gasteiger partial charge in [-0.1, -0.05) is 43.2 Å². The number of aromatic nitrogens is 2. The van der Waals surface area contributed by atoms with Gasteiger partial charge in [-0.3, -0.25) is 4.79 Å². The first-order valence-corrected chi connectivity index (χ1v) is 10.4. The second kappa shape index (κ2) is 7.30. The number of amides is 1. The van der Waals surface area contributed by atoms with E-state index in [9.17, 15) is 4.79 Å². The average molecular weight is 374 g/mol. The Morgan fingerprint density at radius 1 is 0.964 bits per heavy atom. The van der Waals surface area contributed by atoms with Gasteiger partial charge in [-0.15, -0.1) is 0 Å². The molecule has 5 rings (SSSR count). The fraction of sp³-hybridized carbons (Fsp3) is 0.391. The molecule has 2 aliphatic rings. The first kappa shape index (κ1) is 17.3. The SMILES string of the molecule is O=C(N[C@H]1CCN(c2nc3ccccc3n2C2CCCC2)C1)c1ccccc1. The van der Waals surface area contributed by atoms with Crippen LogP contribution >= 0.6 is 0 Å². The fourth-order valence-electron chi connectivity index (χ4n) is 4.70. The lowest BCUT2D eigenvalue weighted by Crippen LogP contribution is -2.37. The zero-order valence-corrected chi connectivity index (χ0v) is 16.1. The third kappa shape index (κ3) is 3.15. The normalized spacial score (nSPS) is 20.1. The highest BCUT2D eigenvalue weighted by molar-refractivity contribution is 5.94. The minimum Gasteiger partial charge on any atom is -0.347 e. The summed E-state index contributed by atoms with van der Waals surface area (Å²) in [4.78, 5) is 19.9. The Labute approximate surface area is 165 Å². The zero-order valence-electron chi connectivity index (χ0n) is 16.1. The number of carbonyl (C=O) groups is 1. The molecule has 5 heteroatoms. The quantitative estimate of drug-likeness (QED) is 0.746. The number of para-hydroxylation sites is 2. The van der Waals surface area contributed by atoms with Gasteiger partial charge in [0.1, 0.15) is 0 Å². The molecule has 1 amide bonds. The summed E-state index contributed by atoms with van der Waals surface area (Å²) >= 11 is 0. The van der Waals surface area contributed by atoms with Crippen LogP contribution in [0.1, 0.15) is 48.5 Å². The molecule has 28 heavy (non-hydrogen) atoms. The molecular weight excluding hydrogens is 348 g/mol. The molecule has 5 nitrogen and oxygen atoms in total. The van der Waals surface area contributed by atoms with E-state index < -0.39 is 0 Å². The third-order valence-electron chi connectivity index (χ3n) is 6.11. The Hall–Kier alpha value is -2.82. The highest BCUT2D eigenvalue weighted by Gasteiger charge is 2.30. The third-order valence-corrected chi connectivity index (χ3v) is 6.11. The predicted molar refractivity (Wildman–Crippen MR) is 112 cm³/mol. The van der Waals surface area contributed by atoms with Gasteiger partial charge in [0.15, 0.2) is 0 Å². The Morgan fingerprint density at radius 3 is 2.54 bits per heavy atom. The van der Waals surface area contributed by atoms with E-state index >= 15 is 0 Å². The second-order valence-electron chi connectivity index (χ2n) is 7.98. The molecule has 1 saturated heterocycles. The first-order valence-electron chi connectivity index (χ1n) is 10.4. The number of nitrogens with one attached hydrogen (secondary N) is 1. The summed E-state index contributed by atoms with van der Waals surface area (Å²) in [5.41, 5.74) is 3.03. The van der Waals surface area contributed by atoms with Gasteiger partial charge in [0, 0.05) is 30.7 Å². The second-order valence-corrected chi connectivity index (χ2v) is 7.98. The fourth-order valence-corrected chi connectivity index (χ4v) is 4.70. The van der Waals surface area contributed by atoms with Crippen molar-refractivity contribution in [2.24, 2.45) is 0 Å². The van der Waals surface area contributed by atoms with Crippen LogP contribution in [0.15, 0.2) is 54.6 Å². The van der Waals surface area contributed by atoms with Crippen molar-refractivity contribution >= 4 is 22.9 Å². The van der Waals surface area contributed by atoms with Gasteiger partial charge in [-0.2, -0.15) is 0 Å². The Bertz CT molecular complexity index is 975. The van der Waals surface area contributed by atoms with E-state index in [2.05, 4.69) is 39.0 Å². The standard InChI is InChI=1S/C23H26N4O/c28-22(17-8-2-1-3-9-17)24-18-14-15-26(16-18)23-25-20-12-6-7-13-21(20)27(23)19-10-4-5-11-19/h1-3,6-9,12-13,18-19H,4-5,10-11,14-16H2,(H,24,28)/t18-/m0/s1. The molecule has 1 atom stereocenters. The Morgan fingerprint density at radius 2 is 1.71 bits per heavy atom. The van der Waals surface area contributed by atoms with Gasteiger partial charge in [0.25, 0.3) is 5.91 Å². The lowest BCUT2D eigenvalue weighted by Gasteiger charge is -2.23. The van der Waals surface area contributed by atoms with E-state index in [-0.39, 0.29) is 11.9 Å². The summed E-state index contributed by atoms with van der Waals surface area (Å²) in [6, 6.07) is 18.6. The number of hydrogen-bond acceptors (Lipinski definition) is 3.